The smallest absolute Gasteiger partial charge is 0.216 e. The fourth-order valence-electron chi connectivity index (χ4n) is 5.45. The van der Waals surface area contributed by atoms with Crippen molar-refractivity contribution < 1.29 is 38.8 Å². The molecule has 1 N–H and O–H groups in total. The number of aliphatic hydroxyl groups is 1. The number of hydrogen-bond donors (Lipinski definition) is 1. The Hall–Kier alpha value is -3.41. The van der Waals surface area contributed by atoms with Crippen molar-refractivity contribution in [3.63, 3.8) is 0 Å². The number of alkyl halides is 1. The van der Waals surface area contributed by atoms with Crippen LogP contribution in [-0.4, -0.2) is 27.0 Å². The zero-order valence-corrected chi connectivity index (χ0v) is 27.9. The van der Waals surface area contributed by atoms with E-state index >= 15 is 0 Å². The number of pyridine rings is 2. The molecule has 6 rings (SSSR count). The van der Waals surface area contributed by atoms with E-state index in [9.17, 15) is 14.3 Å². The molecule has 7 heteroatoms. The van der Waals surface area contributed by atoms with E-state index < -0.39 is 6.17 Å². The van der Waals surface area contributed by atoms with Crippen LogP contribution in [0.2, 0.25) is 0 Å². The largest absolute Gasteiger partial charge is 0.512 e. The van der Waals surface area contributed by atoms with E-state index in [1.807, 2.05) is 59.9 Å². The van der Waals surface area contributed by atoms with E-state index in [1.54, 1.807) is 0 Å². The van der Waals surface area contributed by atoms with Crippen LogP contribution in [0.5, 0.6) is 0 Å². The minimum absolute atomic E-state index is 0. The number of benzene rings is 2. The van der Waals surface area contributed by atoms with Gasteiger partial charge in [-0.15, -0.1) is 17.7 Å². The van der Waals surface area contributed by atoms with Crippen molar-refractivity contribution in [2.45, 2.75) is 72.9 Å². The Labute approximate surface area is 266 Å². The molecule has 2 atom stereocenters. The first-order chi connectivity index (χ1) is 20.0. The van der Waals surface area contributed by atoms with Gasteiger partial charge < -0.3 is 14.5 Å². The van der Waals surface area contributed by atoms with Crippen LogP contribution in [0.15, 0.2) is 64.9 Å². The number of hydrogen-bond acceptors (Lipinski definition) is 5. The molecule has 227 valence electrons. The molecule has 0 saturated heterocycles. The number of carbonyl (C=O) groups excluding carboxylic acids is 1. The second-order valence-corrected chi connectivity index (χ2v) is 12.0. The van der Waals surface area contributed by atoms with Gasteiger partial charge in [-0.25, -0.2) is 9.37 Å². The van der Waals surface area contributed by atoms with Crippen LogP contribution in [-0.2, 0) is 24.9 Å². The second-order valence-electron chi connectivity index (χ2n) is 12.0. The number of halogens is 1. The SMILES string of the molecule is CC(C)C(=O)/C=C(\O)C(C)C.Cc1[c-]c(-c2nccc3cc(C4CCC(F)C4)ccc23)c2oc3nc(C)ccc3c2c1.[Ir]. The summed E-state index contributed by atoms with van der Waals surface area (Å²) in [6, 6.07) is 18.1. The molecule has 2 unspecified atom stereocenters. The molecule has 1 fully saturated rings. The normalized spacial score (nSPS) is 17.0. The molecule has 1 aliphatic carbocycles. The van der Waals surface area contributed by atoms with Crippen molar-refractivity contribution in [3.8, 4) is 11.3 Å². The Kier molecular flexibility index (Phi) is 10.2. The Balaban J connectivity index is 0.000000305. The maximum atomic E-state index is 13.7. The Morgan fingerprint density at radius 2 is 1.77 bits per heavy atom. The fraction of sp³-hybridized carbons (Fsp3) is 0.361. The molecule has 0 spiro atoms. The van der Waals surface area contributed by atoms with Gasteiger partial charge in [-0.3, -0.25) is 4.79 Å². The molecule has 0 amide bonds. The molecular formula is C36H38FIrN2O3-. The van der Waals surface area contributed by atoms with Crippen molar-refractivity contribution >= 4 is 38.6 Å². The average Bonchev–Trinajstić information content (AvgIpc) is 3.55. The third-order valence-corrected chi connectivity index (χ3v) is 7.96. The van der Waals surface area contributed by atoms with Crippen LogP contribution >= 0.6 is 0 Å². The number of carbonyl (C=O) groups is 1. The number of aryl methyl sites for hydroxylation is 2. The van der Waals surface area contributed by atoms with E-state index in [4.69, 9.17) is 9.40 Å². The van der Waals surface area contributed by atoms with Gasteiger partial charge in [-0.1, -0.05) is 63.8 Å². The number of rotatable bonds is 5. The van der Waals surface area contributed by atoms with Gasteiger partial charge in [0.25, 0.3) is 0 Å². The molecule has 2 aromatic carbocycles. The molecule has 3 aromatic heterocycles. The maximum absolute atomic E-state index is 13.7. The number of ketones is 1. The van der Waals surface area contributed by atoms with Crippen LogP contribution in [0.3, 0.4) is 0 Å². The van der Waals surface area contributed by atoms with Crippen LogP contribution < -0.4 is 0 Å². The average molecular weight is 758 g/mol. The molecule has 1 radical (unpaired) electrons. The van der Waals surface area contributed by atoms with Crippen LogP contribution in [0, 0.1) is 31.7 Å². The van der Waals surface area contributed by atoms with Crippen LogP contribution in [0.4, 0.5) is 4.39 Å². The van der Waals surface area contributed by atoms with Gasteiger partial charge in [0.1, 0.15) is 6.17 Å². The van der Waals surface area contributed by atoms with Gasteiger partial charge in [0.2, 0.25) is 5.71 Å². The first-order valence-electron chi connectivity index (χ1n) is 14.7. The van der Waals surface area contributed by atoms with Crippen molar-refractivity contribution in [1.82, 2.24) is 9.97 Å². The Morgan fingerprint density at radius 1 is 1.02 bits per heavy atom. The summed E-state index contributed by atoms with van der Waals surface area (Å²) < 4.78 is 19.9. The summed E-state index contributed by atoms with van der Waals surface area (Å²) in [4.78, 5) is 20.3. The molecular weight excluding hydrogens is 720 g/mol. The van der Waals surface area contributed by atoms with Gasteiger partial charge in [0.15, 0.2) is 5.78 Å². The molecule has 1 saturated carbocycles. The Bertz CT molecular complexity index is 1810. The third-order valence-electron chi connectivity index (χ3n) is 7.96. The monoisotopic (exact) mass is 758 g/mol. The zero-order valence-electron chi connectivity index (χ0n) is 25.5. The summed E-state index contributed by atoms with van der Waals surface area (Å²) in [6.45, 7) is 11.3. The molecule has 43 heavy (non-hydrogen) atoms. The minimum Gasteiger partial charge on any atom is -0.512 e. The zero-order chi connectivity index (χ0) is 30.1. The van der Waals surface area contributed by atoms with Crippen molar-refractivity contribution in [3.05, 3.63) is 83.4 Å². The molecule has 0 aliphatic heterocycles. The molecule has 1 aliphatic rings. The summed E-state index contributed by atoms with van der Waals surface area (Å²) in [7, 11) is 0. The fourth-order valence-corrected chi connectivity index (χ4v) is 5.45. The van der Waals surface area contributed by atoms with E-state index in [0.717, 1.165) is 56.1 Å². The molecule has 0 bridgehead atoms. The minimum atomic E-state index is -0.672. The summed E-state index contributed by atoms with van der Waals surface area (Å²) in [5.74, 6) is 0.464. The number of furan rings is 1. The number of aliphatic hydroxyl groups excluding tert-OH is 1. The standard InChI is InChI=1S/C27H22FN2O.C9H16O2.Ir/c1-15-11-23-22-7-3-16(2)30-27(22)31-26(23)24(12-15)25-21-8-5-17(13-19(21)9-10-29-25)18-4-6-20(28)14-18;1-6(2)8(10)5-9(11)7(3)4;/h3,5,7-11,13,18,20H,4,6,14H2,1-2H3;5-7,10H,1-4H3;/q-1;;/b;8-5-;. The second kappa shape index (κ2) is 13.5. The Morgan fingerprint density at radius 3 is 2.44 bits per heavy atom. The quantitative estimate of drug-likeness (QED) is 0.110. The van der Waals surface area contributed by atoms with E-state index in [-0.39, 0.29) is 43.5 Å². The third kappa shape index (κ3) is 7.05. The van der Waals surface area contributed by atoms with E-state index in [2.05, 4.69) is 41.4 Å². The summed E-state index contributed by atoms with van der Waals surface area (Å²) in [5, 5.41) is 13.4. The number of aromatic nitrogens is 2. The number of nitrogens with zero attached hydrogens (tertiary/aromatic N) is 2. The van der Waals surface area contributed by atoms with Crippen molar-refractivity contribution in [1.29, 1.82) is 0 Å². The van der Waals surface area contributed by atoms with E-state index in [1.165, 1.54) is 11.6 Å². The van der Waals surface area contributed by atoms with Gasteiger partial charge in [0.05, 0.1) is 11.3 Å². The molecule has 3 heterocycles. The molecule has 5 nitrogen and oxygen atoms in total. The van der Waals surface area contributed by atoms with Crippen LogP contribution in [0.25, 0.3) is 44.1 Å². The topological polar surface area (TPSA) is 76.2 Å². The number of fused-ring (bicyclic) bond motifs is 4. The van der Waals surface area contributed by atoms with Crippen molar-refractivity contribution in [2.24, 2.45) is 11.8 Å². The van der Waals surface area contributed by atoms with Crippen LogP contribution in [0.1, 0.15) is 69.7 Å². The maximum Gasteiger partial charge on any atom is 0.216 e. The number of allylic oxidation sites excluding steroid dienone is 2. The first-order valence-corrected chi connectivity index (χ1v) is 14.7. The molecule has 5 aromatic rings. The summed E-state index contributed by atoms with van der Waals surface area (Å²) in [5.41, 5.74) is 6.27. The van der Waals surface area contributed by atoms with E-state index in [0.29, 0.717) is 24.5 Å². The predicted octanol–water partition coefficient (Wildman–Crippen LogP) is 9.53. The van der Waals surface area contributed by atoms with Crippen molar-refractivity contribution in [2.75, 3.05) is 0 Å². The summed E-state index contributed by atoms with van der Waals surface area (Å²) >= 11 is 0. The van der Waals surface area contributed by atoms with Gasteiger partial charge >= 0.3 is 0 Å². The van der Waals surface area contributed by atoms with Gasteiger partial charge in [-0.05, 0) is 72.3 Å². The summed E-state index contributed by atoms with van der Waals surface area (Å²) in [6.07, 6.45) is 4.69. The first kappa shape index (κ1) is 32.5. The van der Waals surface area contributed by atoms with Gasteiger partial charge in [0, 0.05) is 55.3 Å². The van der Waals surface area contributed by atoms with Gasteiger partial charge in [-0.2, -0.15) is 0 Å². The predicted molar refractivity (Wildman–Crippen MR) is 167 cm³/mol.